The molecule has 1 aromatic rings. The average molecular weight is 659 g/mol. The maximum absolute atomic E-state index is 13.6. The number of carbonyl (C=O) groups excluding carboxylic acids is 5. The molecule has 0 spiro atoms. The van der Waals surface area contributed by atoms with Gasteiger partial charge in [-0.1, -0.05) is 111 Å². The Labute approximate surface area is 281 Å². The Morgan fingerprint density at radius 1 is 0.851 bits per heavy atom. The van der Waals surface area contributed by atoms with Gasteiger partial charge in [-0.3, -0.25) is 14.4 Å². The van der Waals surface area contributed by atoms with Crippen LogP contribution in [0, 0.1) is 5.41 Å². The van der Waals surface area contributed by atoms with Gasteiger partial charge in [-0.05, 0) is 38.5 Å². The van der Waals surface area contributed by atoms with E-state index in [0.717, 1.165) is 19.3 Å². The Bertz CT molecular complexity index is 1210. The number of anilines is 2. The smallest absolute Gasteiger partial charge is 0.418 e. The van der Waals surface area contributed by atoms with Crippen LogP contribution in [0.5, 0.6) is 5.75 Å². The zero-order chi connectivity index (χ0) is 35.0. The number of unbranched alkanes of at least 4 members (excludes halogenated alkanes) is 13. The number of rotatable bonds is 21. The van der Waals surface area contributed by atoms with Gasteiger partial charge >= 0.3 is 12.1 Å². The quantitative estimate of drug-likeness (QED) is 0.0898. The number of cyclic esters (lactones) is 1. The molecule has 3 N–H and O–H groups in total. The van der Waals surface area contributed by atoms with E-state index in [1.807, 2.05) is 0 Å². The summed E-state index contributed by atoms with van der Waals surface area (Å²) in [5.41, 5.74) is -2.06. The van der Waals surface area contributed by atoms with Crippen molar-refractivity contribution in [3.05, 3.63) is 18.2 Å². The molecule has 5 amide bonds. The topological polar surface area (TPSA) is 143 Å². The Morgan fingerprint density at radius 3 is 1.85 bits per heavy atom. The van der Waals surface area contributed by atoms with Crippen molar-refractivity contribution in [1.29, 1.82) is 0 Å². The largest absolute Gasteiger partial charge is 0.495 e. The van der Waals surface area contributed by atoms with Crippen LogP contribution in [0.4, 0.5) is 21.0 Å². The van der Waals surface area contributed by atoms with Crippen molar-refractivity contribution in [1.82, 2.24) is 10.2 Å². The first-order chi connectivity index (χ1) is 22.2. The fourth-order valence-corrected chi connectivity index (χ4v) is 5.45. The molecule has 1 aromatic carbocycles. The van der Waals surface area contributed by atoms with E-state index in [0.29, 0.717) is 17.1 Å². The van der Waals surface area contributed by atoms with Crippen molar-refractivity contribution >= 4 is 41.1 Å². The molecule has 0 saturated carbocycles. The fourth-order valence-electron chi connectivity index (χ4n) is 5.45. The van der Waals surface area contributed by atoms with Gasteiger partial charge in [0.05, 0.1) is 12.8 Å². The molecule has 1 unspecified atom stereocenters. The number of hydrogen-bond acceptors (Lipinski definition) is 7. The van der Waals surface area contributed by atoms with Crippen molar-refractivity contribution in [2.24, 2.45) is 5.41 Å². The van der Waals surface area contributed by atoms with Gasteiger partial charge in [-0.15, -0.1) is 0 Å². The lowest BCUT2D eigenvalue weighted by Crippen LogP contribution is -2.55. The Kier molecular flexibility index (Phi) is 16.2. The van der Waals surface area contributed by atoms with Crippen LogP contribution in [0.1, 0.15) is 131 Å². The number of benzene rings is 1. The lowest BCUT2D eigenvalue weighted by atomic mass is 9.85. The molecule has 2 rings (SSSR count). The summed E-state index contributed by atoms with van der Waals surface area (Å²) in [6, 6.07) is 2.48. The first-order valence-electron chi connectivity index (χ1n) is 17.4. The van der Waals surface area contributed by atoms with Crippen molar-refractivity contribution < 1.29 is 33.4 Å². The van der Waals surface area contributed by atoms with Gasteiger partial charge in [0.25, 0.3) is 11.8 Å². The van der Waals surface area contributed by atoms with E-state index >= 15 is 0 Å². The molecule has 0 aliphatic carbocycles. The standard InChI is InChI=1S/C36H58N4O7/c1-8-9-10-11-12-13-14-15-16-17-18-19-20-21-24-37-33(44)38-26-22-23-28(46-7)27(25-26)39-31(42)29(30(41)35(2,3)4)40-32(43)36(5,6)47-34(40)45/h22-23,25,29H,8-21,24H2,1-7H3,(H,39,42)(H2,37,38,44). The summed E-state index contributed by atoms with van der Waals surface area (Å²) in [4.78, 5) is 65.7. The Morgan fingerprint density at radius 2 is 1.38 bits per heavy atom. The molecule has 11 nitrogen and oxygen atoms in total. The van der Waals surface area contributed by atoms with Crippen LogP contribution < -0.4 is 20.7 Å². The Balaban J connectivity index is 1.85. The van der Waals surface area contributed by atoms with Gasteiger partial charge in [-0.2, -0.15) is 0 Å². The van der Waals surface area contributed by atoms with E-state index in [1.165, 1.54) is 97.7 Å². The van der Waals surface area contributed by atoms with Crippen LogP contribution in [-0.2, 0) is 19.1 Å². The number of ketones is 1. The number of nitrogens with one attached hydrogen (secondary N) is 3. The van der Waals surface area contributed by atoms with Crippen molar-refractivity contribution in [2.75, 3.05) is 24.3 Å². The summed E-state index contributed by atoms with van der Waals surface area (Å²) >= 11 is 0. The van der Waals surface area contributed by atoms with Crippen molar-refractivity contribution in [2.45, 2.75) is 143 Å². The Hall–Kier alpha value is -3.63. The van der Waals surface area contributed by atoms with Gasteiger partial charge < -0.3 is 25.4 Å². The predicted octanol–water partition coefficient (Wildman–Crippen LogP) is 7.98. The first-order valence-corrected chi connectivity index (χ1v) is 17.4. The number of ether oxygens (including phenoxy) is 2. The summed E-state index contributed by atoms with van der Waals surface area (Å²) in [5.74, 6) is -2.10. The van der Waals surface area contributed by atoms with Gasteiger partial charge in [0, 0.05) is 17.6 Å². The highest BCUT2D eigenvalue weighted by molar-refractivity contribution is 6.19. The molecule has 1 aliphatic rings. The van der Waals surface area contributed by atoms with Crippen molar-refractivity contribution in [3.63, 3.8) is 0 Å². The fraction of sp³-hybridized carbons (Fsp3) is 0.694. The highest BCUT2D eigenvalue weighted by Gasteiger charge is 2.55. The number of carbonyl (C=O) groups is 5. The number of urea groups is 1. The van der Waals surface area contributed by atoms with E-state index in [4.69, 9.17) is 9.47 Å². The molecular weight excluding hydrogens is 600 g/mol. The third kappa shape index (κ3) is 12.8. The van der Waals surface area contributed by atoms with Crippen molar-refractivity contribution in [3.8, 4) is 5.75 Å². The number of Topliss-reactive ketones (excluding diaryl/α,β-unsaturated/α-hetero) is 1. The van der Waals surface area contributed by atoms with Gasteiger partial charge in [0.2, 0.25) is 0 Å². The number of nitrogens with zero attached hydrogens (tertiary/aromatic N) is 1. The van der Waals surface area contributed by atoms with Crippen LogP contribution in [0.25, 0.3) is 0 Å². The maximum atomic E-state index is 13.6. The van der Waals surface area contributed by atoms with E-state index in [-0.39, 0.29) is 11.4 Å². The summed E-state index contributed by atoms with van der Waals surface area (Å²) in [6.45, 7) is 10.4. The van der Waals surface area contributed by atoms with E-state index in [1.54, 1.807) is 32.9 Å². The van der Waals surface area contributed by atoms with Crippen LogP contribution in [0.15, 0.2) is 18.2 Å². The molecule has 1 aliphatic heterocycles. The molecule has 0 radical (unpaired) electrons. The normalized spacial score (nSPS) is 14.8. The number of methoxy groups -OCH3 is 1. The van der Waals surface area contributed by atoms with Crippen LogP contribution in [0.2, 0.25) is 0 Å². The first kappa shape index (κ1) is 39.5. The monoisotopic (exact) mass is 658 g/mol. The molecule has 0 bridgehead atoms. The SMILES string of the molecule is CCCCCCCCCCCCCCCCNC(=O)Nc1ccc(OC)c(NC(=O)C(C(=O)C(C)(C)C)N2C(=O)OC(C)(C)C2=O)c1. The van der Waals surface area contributed by atoms with E-state index in [2.05, 4.69) is 22.9 Å². The summed E-state index contributed by atoms with van der Waals surface area (Å²) in [6.07, 6.45) is 16.6. The maximum Gasteiger partial charge on any atom is 0.418 e. The lowest BCUT2D eigenvalue weighted by Gasteiger charge is -2.28. The molecule has 11 heteroatoms. The minimum atomic E-state index is -1.77. The predicted molar refractivity (Wildman–Crippen MR) is 185 cm³/mol. The zero-order valence-electron chi connectivity index (χ0n) is 29.7. The molecule has 47 heavy (non-hydrogen) atoms. The van der Waals surface area contributed by atoms with Crippen LogP contribution in [-0.4, -0.2) is 59.9 Å². The molecule has 1 heterocycles. The molecule has 0 aromatic heterocycles. The van der Waals surface area contributed by atoms with Gasteiger partial charge in [0.15, 0.2) is 17.4 Å². The van der Waals surface area contributed by atoms with Gasteiger partial charge in [0.1, 0.15) is 5.75 Å². The molecule has 1 atom stereocenters. The van der Waals surface area contributed by atoms with E-state index in [9.17, 15) is 24.0 Å². The third-order valence-corrected chi connectivity index (χ3v) is 8.30. The summed E-state index contributed by atoms with van der Waals surface area (Å²) < 4.78 is 10.5. The number of hydrogen-bond donors (Lipinski definition) is 3. The molecule has 1 fully saturated rings. The van der Waals surface area contributed by atoms with E-state index < -0.39 is 46.8 Å². The lowest BCUT2D eigenvalue weighted by molar-refractivity contribution is -0.145. The minimum Gasteiger partial charge on any atom is -0.495 e. The zero-order valence-corrected chi connectivity index (χ0v) is 29.7. The number of imide groups is 1. The third-order valence-electron chi connectivity index (χ3n) is 8.30. The number of amides is 5. The highest BCUT2D eigenvalue weighted by atomic mass is 16.6. The second-order valence-corrected chi connectivity index (χ2v) is 14.0. The average Bonchev–Trinajstić information content (AvgIpc) is 3.20. The minimum absolute atomic E-state index is 0.147. The molecule has 1 saturated heterocycles. The molecule has 264 valence electrons. The molecular formula is C36H58N4O7. The van der Waals surface area contributed by atoms with Crippen LogP contribution >= 0.6 is 0 Å². The van der Waals surface area contributed by atoms with Gasteiger partial charge in [-0.25, -0.2) is 14.5 Å². The van der Waals surface area contributed by atoms with Crippen LogP contribution in [0.3, 0.4) is 0 Å². The second kappa shape index (κ2) is 19.3. The summed E-state index contributed by atoms with van der Waals surface area (Å²) in [7, 11) is 1.41. The second-order valence-electron chi connectivity index (χ2n) is 14.0. The highest BCUT2D eigenvalue weighted by Crippen LogP contribution is 2.32. The summed E-state index contributed by atoms with van der Waals surface area (Å²) in [5, 5.41) is 8.22.